The first kappa shape index (κ1) is 8.49. The first-order valence-electron chi connectivity index (χ1n) is 3.94. The molecule has 0 fully saturated rings. The van der Waals surface area contributed by atoms with E-state index in [4.69, 9.17) is 10.8 Å². The summed E-state index contributed by atoms with van der Waals surface area (Å²) in [7, 11) is 0. The van der Waals surface area contributed by atoms with Crippen LogP contribution in [0.5, 0.6) is 0 Å². The zero-order valence-electron chi connectivity index (χ0n) is 7.40. The van der Waals surface area contributed by atoms with Gasteiger partial charge in [0, 0.05) is 6.20 Å². The van der Waals surface area contributed by atoms with Crippen LogP contribution < -0.4 is 5.73 Å². The van der Waals surface area contributed by atoms with Crippen molar-refractivity contribution in [3.05, 3.63) is 17.6 Å². The lowest BCUT2D eigenvalue weighted by molar-refractivity contribution is 0.0699. The van der Waals surface area contributed by atoms with Gasteiger partial charge in [0.25, 0.3) is 0 Å². The average molecular weight is 192 g/mol. The smallest absolute Gasteiger partial charge is 0.339 e. The Morgan fingerprint density at radius 3 is 2.93 bits per heavy atom. The number of H-pyrrole nitrogens is 1. The third kappa shape index (κ3) is 1.08. The lowest BCUT2D eigenvalue weighted by Crippen LogP contribution is -1.99. The molecule has 0 spiro atoms. The number of aryl methyl sites for hydroxylation is 1. The average Bonchev–Trinajstić information content (AvgIpc) is 2.47. The number of carboxylic acids is 1. The molecular weight excluding hydrogens is 184 g/mol. The topological polar surface area (TPSA) is 105 Å². The lowest BCUT2D eigenvalue weighted by atomic mass is 10.3. The molecule has 0 unspecified atom stereocenters. The SMILES string of the molecule is Cc1nc(N)c2[nH]cc(C(=O)O)c2n1. The number of nitrogens with two attached hydrogens (primary N) is 1. The van der Waals surface area contributed by atoms with Gasteiger partial charge in [0.2, 0.25) is 0 Å². The van der Waals surface area contributed by atoms with E-state index in [2.05, 4.69) is 15.0 Å². The number of carbonyl (C=O) groups is 1. The van der Waals surface area contributed by atoms with E-state index in [0.717, 1.165) is 0 Å². The van der Waals surface area contributed by atoms with Crippen LogP contribution in [0, 0.1) is 6.92 Å². The van der Waals surface area contributed by atoms with Gasteiger partial charge in [0.05, 0.1) is 0 Å². The molecule has 0 saturated carbocycles. The van der Waals surface area contributed by atoms with Crippen molar-refractivity contribution < 1.29 is 9.90 Å². The fourth-order valence-corrected chi connectivity index (χ4v) is 1.31. The summed E-state index contributed by atoms with van der Waals surface area (Å²) in [6.45, 7) is 1.66. The van der Waals surface area contributed by atoms with Gasteiger partial charge in [-0.15, -0.1) is 0 Å². The molecule has 72 valence electrons. The standard InChI is InChI=1S/C8H8N4O2/c1-3-11-5-4(8(13)14)2-10-6(5)7(9)12-3/h2,10H,1H3,(H,13,14)(H2,9,11,12). The summed E-state index contributed by atoms with van der Waals surface area (Å²) in [5.41, 5.74) is 6.52. The highest BCUT2D eigenvalue weighted by molar-refractivity contribution is 6.03. The third-order valence-electron chi connectivity index (χ3n) is 1.90. The number of hydrogen-bond acceptors (Lipinski definition) is 4. The molecule has 4 N–H and O–H groups in total. The van der Waals surface area contributed by atoms with Crippen molar-refractivity contribution in [1.29, 1.82) is 0 Å². The largest absolute Gasteiger partial charge is 0.478 e. The summed E-state index contributed by atoms with van der Waals surface area (Å²) in [5, 5.41) is 8.83. The first-order valence-corrected chi connectivity index (χ1v) is 3.94. The van der Waals surface area contributed by atoms with E-state index in [9.17, 15) is 4.79 Å². The number of nitrogens with zero attached hydrogens (tertiary/aromatic N) is 2. The normalized spacial score (nSPS) is 10.6. The van der Waals surface area contributed by atoms with Gasteiger partial charge in [-0.25, -0.2) is 14.8 Å². The van der Waals surface area contributed by atoms with Crippen molar-refractivity contribution in [3.63, 3.8) is 0 Å². The van der Waals surface area contributed by atoms with Gasteiger partial charge >= 0.3 is 5.97 Å². The van der Waals surface area contributed by atoms with Crippen LogP contribution in [0.15, 0.2) is 6.20 Å². The summed E-state index contributed by atoms with van der Waals surface area (Å²) in [4.78, 5) is 21.4. The Labute approximate surface area is 78.8 Å². The maximum absolute atomic E-state index is 10.8. The summed E-state index contributed by atoms with van der Waals surface area (Å²) in [6.07, 6.45) is 1.36. The minimum absolute atomic E-state index is 0.109. The van der Waals surface area contributed by atoms with Gasteiger partial charge in [-0.1, -0.05) is 0 Å². The highest BCUT2D eigenvalue weighted by atomic mass is 16.4. The highest BCUT2D eigenvalue weighted by Crippen LogP contribution is 2.19. The van der Waals surface area contributed by atoms with Crippen LogP contribution in [0.1, 0.15) is 16.2 Å². The Balaban J connectivity index is 2.85. The fourth-order valence-electron chi connectivity index (χ4n) is 1.31. The molecule has 0 aliphatic rings. The number of fused-ring (bicyclic) bond motifs is 1. The number of nitrogens with one attached hydrogen (secondary N) is 1. The third-order valence-corrected chi connectivity index (χ3v) is 1.90. The Morgan fingerprint density at radius 1 is 1.57 bits per heavy atom. The second kappa shape index (κ2) is 2.69. The summed E-state index contributed by atoms with van der Waals surface area (Å²) >= 11 is 0. The maximum atomic E-state index is 10.8. The van der Waals surface area contributed by atoms with Gasteiger partial charge in [-0.2, -0.15) is 0 Å². The van der Waals surface area contributed by atoms with Gasteiger partial charge in [-0.3, -0.25) is 0 Å². The number of nitrogen functional groups attached to an aromatic ring is 1. The van der Waals surface area contributed by atoms with Crippen molar-refractivity contribution in [2.24, 2.45) is 0 Å². The quantitative estimate of drug-likeness (QED) is 0.611. The molecule has 2 heterocycles. The van der Waals surface area contributed by atoms with Crippen LogP contribution in [-0.4, -0.2) is 26.0 Å². The van der Waals surface area contributed by atoms with E-state index in [-0.39, 0.29) is 11.4 Å². The number of aromatic amines is 1. The molecule has 0 bridgehead atoms. The lowest BCUT2D eigenvalue weighted by Gasteiger charge is -1.97. The van der Waals surface area contributed by atoms with Crippen molar-refractivity contribution in [3.8, 4) is 0 Å². The predicted octanol–water partition coefficient (Wildman–Crippen LogP) is 0.547. The molecule has 0 radical (unpaired) electrons. The van der Waals surface area contributed by atoms with Crippen LogP contribution in [0.25, 0.3) is 11.0 Å². The molecule has 2 aromatic rings. The monoisotopic (exact) mass is 192 g/mol. The summed E-state index contributed by atoms with van der Waals surface area (Å²) in [5.74, 6) is -0.314. The molecule has 0 saturated heterocycles. The molecule has 6 heteroatoms. The fraction of sp³-hybridized carbons (Fsp3) is 0.125. The Hall–Kier alpha value is -2.11. The molecule has 0 amide bonds. The molecular formula is C8H8N4O2. The second-order valence-electron chi connectivity index (χ2n) is 2.89. The number of rotatable bonds is 1. The van der Waals surface area contributed by atoms with Gasteiger partial charge < -0.3 is 15.8 Å². The van der Waals surface area contributed by atoms with Gasteiger partial charge in [-0.05, 0) is 6.92 Å². The predicted molar refractivity (Wildman–Crippen MR) is 50.0 cm³/mol. The van der Waals surface area contributed by atoms with Crippen molar-refractivity contribution in [2.75, 3.05) is 5.73 Å². The molecule has 0 aliphatic heterocycles. The van der Waals surface area contributed by atoms with Crippen molar-refractivity contribution in [1.82, 2.24) is 15.0 Å². The van der Waals surface area contributed by atoms with Gasteiger partial charge in [0.15, 0.2) is 5.82 Å². The van der Waals surface area contributed by atoms with Crippen LogP contribution in [-0.2, 0) is 0 Å². The number of aromatic nitrogens is 3. The summed E-state index contributed by atoms with van der Waals surface area (Å²) < 4.78 is 0. The molecule has 6 nitrogen and oxygen atoms in total. The Kier molecular flexibility index (Phi) is 1.63. The minimum Gasteiger partial charge on any atom is -0.478 e. The number of anilines is 1. The Bertz CT molecular complexity index is 517. The first-order chi connectivity index (χ1) is 6.59. The molecule has 0 aromatic carbocycles. The van der Waals surface area contributed by atoms with E-state index >= 15 is 0 Å². The van der Waals surface area contributed by atoms with E-state index in [1.807, 2.05) is 0 Å². The summed E-state index contributed by atoms with van der Waals surface area (Å²) in [6, 6.07) is 0. The number of aromatic carboxylic acids is 1. The Morgan fingerprint density at radius 2 is 2.29 bits per heavy atom. The van der Waals surface area contributed by atoms with Crippen molar-refractivity contribution in [2.45, 2.75) is 6.92 Å². The molecule has 14 heavy (non-hydrogen) atoms. The number of carboxylic acid groups (broad SMARTS) is 1. The molecule has 2 rings (SSSR count). The highest BCUT2D eigenvalue weighted by Gasteiger charge is 2.14. The van der Waals surface area contributed by atoms with E-state index in [1.54, 1.807) is 6.92 Å². The second-order valence-corrected chi connectivity index (χ2v) is 2.89. The van der Waals surface area contributed by atoms with E-state index < -0.39 is 5.97 Å². The molecule has 0 aliphatic carbocycles. The number of hydrogen-bond donors (Lipinski definition) is 3. The maximum Gasteiger partial charge on any atom is 0.339 e. The van der Waals surface area contributed by atoms with Crippen LogP contribution in [0.3, 0.4) is 0 Å². The van der Waals surface area contributed by atoms with Crippen LogP contribution in [0.2, 0.25) is 0 Å². The van der Waals surface area contributed by atoms with Crippen molar-refractivity contribution >= 4 is 22.8 Å². The minimum atomic E-state index is -1.03. The van der Waals surface area contributed by atoms with E-state index in [1.165, 1.54) is 6.20 Å². The molecule has 2 aromatic heterocycles. The van der Waals surface area contributed by atoms with Crippen LogP contribution >= 0.6 is 0 Å². The van der Waals surface area contributed by atoms with Gasteiger partial charge in [0.1, 0.15) is 22.4 Å². The van der Waals surface area contributed by atoms with Crippen LogP contribution in [0.4, 0.5) is 5.82 Å². The zero-order chi connectivity index (χ0) is 10.3. The molecule has 0 atom stereocenters. The van der Waals surface area contributed by atoms with E-state index in [0.29, 0.717) is 16.9 Å². The zero-order valence-corrected chi connectivity index (χ0v) is 7.40.